The van der Waals surface area contributed by atoms with Gasteiger partial charge in [0.2, 0.25) is 0 Å². The average molecular weight is 363 g/mol. The van der Waals surface area contributed by atoms with E-state index in [9.17, 15) is 8.78 Å². The van der Waals surface area contributed by atoms with Crippen molar-refractivity contribution in [3.05, 3.63) is 12.2 Å². The van der Waals surface area contributed by atoms with Gasteiger partial charge in [0.15, 0.2) is 14.0 Å². The molecule has 2 atom stereocenters. The minimum Gasteiger partial charge on any atom is -0.411 e. The molecule has 0 saturated carbocycles. The first-order chi connectivity index (χ1) is 10.7. The van der Waals surface area contributed by atoms with Gasteiger partial charge in [-0.25, -0.2) is 8.78 Å². The minimum atomic E-state index is -3.10. The number of rotatable bonds is 7. The van der Waals surface area contributed by atoms with Crippen molar-refractivity contribution in [2.24, 2.45) is 16.6 Å². The molecule has 0 fully saturated rings. The molecular formula is C17H32F2N2O2Si. The molecule has 1 aliphatic heterocycles. The highest BCUT2D eigenvalue weighted by Crippen LogP contribution is 2.37. The summed E-state index contributed by atoms with van der Waals surface area (Å²) in [6, 6.07) is -0.389. The number of allylic oxidation sites excluding steroid dienone is 1. The molecule has 1 aliphatic rings. The molecule has 140 valence electrons. The molecular weight excluding hydrogens is 330 g/mol. The van der Waals surface area contributed by atoms with Gasteiger partial charge in [-0.2, -0.15) is 0 Å². The Morgan fingerprint density at radius 1 is 1.25 bits per heavy atom. The van der Waals surface area contributed by atoms with E-state index in [2.05, 4.69) is 4.99 Å². The molecule has 7 heteroatoms. The van der Waals surface area contributed by atoms with Crippen molar-refractivity contribution in [3.63, 3.8) is 0 Å². The fourth-order valence-electron chi connectivity index (χ4n) is 2.15. The highest BCUT2D eigenvalue weighted by atomic mass is 28.4. The molecule has 2 unspecified atom stereocenters. The molecule has 0 radical (unpaired) electrons. The first kappa shape index (κ1) is 21.4. The summed E-state index contributed by atoms with van der Waals surface area (Å²) in [5.74, 6) is -3.02. The van der Waals surface area contributed by atoms with E-state index in [1.165, 1.54) is 0 Å². The summed E-state index contributed by atoms with van der Waals surface area (Å²) >= 11 is 0. The largest absolute Gasteiger partial charge is 0.411 e. The maximum absolute atomic E-state index is 14.2. The molecule has 0 spiro atoms. The number of nitrogens with zero attached hydrogens (tertiary/aromatic N) is 1. The molecule has 1 rings (SSSR count). The molecule has 1 heterocycles. The van der Waals surface area contributed by atoms with E-state index in [0.29, 0.717) is 0 Å². The Morgan fingerprint density at radius 2 is 1.83 bits per heavy atom. The van der Waals surface area contributed by atoms with E-state index in [-0.39, 0.29) is 17.0 Å². The van der Waals surface area contributed by atoms with Crippen LogP contribution < -0.4 is 5.73 Å². The van der Waals surface area contributed by atoms with Crippen molar-refractivity contribution < 1.29 is 17.9 Å². The molecule has 24 heavy (non-hydrogen) atoms. The molecule has 4 nitrogen and oxygen atoms in total. The minimum absolute atomic E-state index is 0.0771. The Morgan fingerprint density at radius 3 is 2.33 bits per heavy atom. The van der Waals surface area contributed by atoms with Crippen LogP contribution in [0.5, 0.6) is 0 Å². The van der Waals surface area contributed by atoms with Crippen molar-refractivity contribution in [3.8, 4) is 0 Å². The summed E-state index contributed by atoms with van der Waals surface area (Å²) in [6.07, 6.45) is 4.84. The van der Waals surface area contributed by atoms with Gasteiger partial charge in [0, 0.05) is 6.21 Å². The van der Waals surface area contributed by atoms with Crippen LogP contribution in [0.2, 0.25) is 18.1 Å². The molecule has 0 bridgehead atoms. The van der Waals surface area contributed by atoms with E-state index >= 15 is 0 Å². The van der Waals surface area contributed by atoms with Gasteiger partial charge in [-0.15, -0.1) is 0 Å². The quantitative estimate of drug-likeness (QED) is 0.550. The standard InChI is InChI=1S/C17H32F2N2O2Si/c1-13(2)14-17(20,9-8-10-21-14)22-11-16(18,19)12-23-24(6,7)15(3,4)5/h8-10,13-14H,11-12,20H2,1-7H3. The monoisotopic (exact) mass is 362 g/mol. The van der Waals surface area contributed by atoms with Gasteiger partial charge >= 0.3 is 0 Å². The zero-order valence-corrected chi connectivity index (χ0v) is 16.9. The smallest absolute Gasteiger partial charge is 0.292 e. The zero-order valence-electron chi connectivity index (χ0n) is 15.9. The molecule has 0 saturated heterocycles. The van der Waals surface area contributed by atoms with Gasteiger partial charge in [0.1, 0.15) is 13.2 Å². The molecule has 0 aromatic carbocycles. The zero-order chi connectivity index (χ0) is 18.8. The summed E-state index contributed by atoms with van der Waals surface area (Å²) in [4.78, 5) is 4.27. The lowest BCUT2D eigenvalue weighted by Crippen LogP contribution is -2.56. The SMILES string of the molecule is CC(C)C1N=CC=CC1(N)OCC(F)(F)CO[Si](C)(C)C(C)(C)C. The summed E-state index contributed by atoms with van der Waals surface area (Å²) in [6.45, 7) is 12.4. The second-order valence-electron chi connectivity index (χ2n) is 8.39. The summed E-state index contributed by atoms with van der Waals surface area (Å²) in [7, 11) is -2.24. The average Bonchev–Trinajstić information content (AvgIpc) is 2.43. The second-order valence-corrected chi connectivity index (χ2v) is 13.2. The van der Waals surface area contributed by atoms with Crippen LogP contribution in [0.3, 0.4) is 0 Å². The van der Waals surface area contributed by atoms with Crippen molar-refractivity contribution >= 4 is 14.5 Å². The van der Waals surface area contributed by atoms with Gasteiger partial charge < -0.3 is 9.16 Å². The van der Waals surface area contributed by atoms with E-state index in [4.69, 9.17) is 14.9 Å². The van der Waals surface area contributed by atoms with Crippen LogP contribution in [-0.4, -0.2) is 45.4 Å². The highest BCUT2D eigenvalue weighted by Gasteiger charge is 2.43. The molecule has 0 aliphatic carbocycles. The number of alkyl halides is 2. The van der Waals surface area contributed by atoms with E-state index in [1.54, 1.807) is 18.4 Å². The third kappa shape index (κ3) is 5.44. The lowest BCUT2D eigenvalue weighted by atomic mass is 9.92. The predicted molar refractivity (Wildman–Crippen MR) is 97.2 cm³/mol. The van der Waals surface area contributed by atoms with Gasteiger partial charge in [-0.1, -0.05) is 34.6 Å². The summed E-state index contributed by atoms with van der Waals surface area (Å²) in [5, 5.41) is -0.122. The van der Waals surface area contributed by atoms with Crippen LogP contribution in [0, 0.1) is 5.92 Å². The number of hydrogen-bond donors (Lipinski definition) is 1. The third-order valence-corrected chi connectivity index (χ3v) is 9.25. The number of dihydropyridines is 1. The van der Waals surface area contributed by atoms with Crippen molar-refractivity contribution in [2.75, 3.05) is 13.2 Å². The lowest BCUT2D eigenvalue weighted by molar-refractivity contribution is -0.146. The molecule has 2 N–H and O–H groups in total. The van der Waals surface area contributed by atoms with Crippen LogP contribution in [0.4, 0.5) is 8.78 Å². The Bertz CT molecular complexity index is 487. The Balaban J connectivity index is 2.68. The highest BCUT2D eigenvalue weighted by molar-refractivity contribution is 6.74. The normalized spacial score (nSPS) is 25.5. The van der Waals surface area contributed by atoms with Crippen LogP contribution in [0.25, 0.3) is 0 Å². The first-order valence-corrected chi connectivity index (χ1v) is 11.3. The van der Waals surface area contributed by atoms with Crippen LogP contribution in [-0.2, 0) is 9.16 Å². The Hall–Kier alpha value is -0.633. The number of halogens is 2. The Labute approximate surface area is 145 Å². The summed E-state index contributed by atoms with van der Waals surface area (Å²) < 4.78 is 39.5. The molecule has 0 aromatic heterocycles. The van der Waals surface area contributed by atoms with E-state index in [1.807, 2.05) is 47.7 Å². The van der Waals surface area contributed by atoms with Crippen LogP contribution in [0.1, 0.15) is 34.6 Å². The van der Waals surface area contributed by atoms with Crippen LogP contribution >= 0.6 is 0 Å². The Kier molecular flexibility index (Phi) is 6.52. The fraction of sp³-hybridized carbons (Fsp3) is 0.824. The third-order valence-electron chi connectivity index (χ3n) is 4.77. The number of nitrogens with two attached hydrogens (primary N) is 1. The van der Waals surface area contributed by atoms with Gasteiger partial charge in [-0.3, -0.25) is 10.7 Å². The number of aliphatic imine (C=N–C) groups is 1. The molecule has 0 aromatic rings. The van der Waals surface area contributed by atoms with E-state index in [0.717, 1.165) is 0 Å². The topological polar surface area (TPSA) is 56.8 Å². The lowest BCUT2D eigenvalue weighted by Gasteiger charge is -2.39. The number of hydrogen-bond acceptors (Lipinski definition) is 4. The predicted octanol–water partition coefficient (Wildman–Crippen LogP) is 3.98. The van der Waals surface area contributed by atoms with Crippen LogP contribution in [0.15, 0.2) is 17.1 Å². The second kappa shape index (κ2) is 7.31. The molecule has 0 amide bonds. The van der Waals surface area contributed by atoms with Gasteiger partial charge in [0.25, 0.3) is 5.92 Å². The maximum atomic E-state index is 14.2. The van der Waals surface area contributed by atoms with Crippen molar-refractivity contribution in [2.45, 2.75) is 70.4 Å². The van der Waals surface area contributed by atoms with Gasteiger partial charge in [0.05, 0.1) is 6.04 Å². The number of ether oxygens (including phenoxy) is 1. The maximum Gasteiger partial charge on any atom is 0.292 e. The fourth-order valence-corrected chi connectivity index (χ4v) is 3.16. The van der Waals surface area contributed by atoms with Gasteiger partial charge in [-0.05, 0) is 36.2 Å². The van der Waals surface area contributed by atoms with Crippen molar-refractivity contribution in [1.82, 2.24) is 0 Å². The van der Waals surface area contributed by atoms with E-state index < -0.39 is 33.2 Å². The first-order valence-electron chi connectivity index (χ1n) is 8.36. The van der Waals surface area contributed by atoms with Crippen molar-refractivity contribution in [1.29, 1.82) is 0 Å². The summed E-state index contributed by atoms with van der Waals surface area (Å²) in [5.41, 5.74) is 4.86.